The SMILES string of the molecule is O=C(O)CNC(=O)c1ccc(-c2cncc(-c3ccccc3)c2)cn1. The van der Waals surface area contributed by atoms with Crippen molar-refractivity contribution in [2.24, 2.45) is 0 Å². The van der Waals surface area contributed by atoms with Gasteiger partial charge in [0.05, 0.1) is 0 Å². The fraction of sp³-hybridized carbons (Fsp3) is 0.0526. The van der Waals surface area contributed by atoms with Crippen LogP contribution in [0.1, 0.15) is 10.5 Å². The van der Waals surface area contributed by atoms with Gasteiger partial charge in [0.25, 0.3) is 5.91 Å². The van der Waals surface area contributed by atoms with Gasteiger partial charge in [-0.2, -0.15) is 0 Å². The van der Waals surface area contributed by atoms with Crippen LogP contribution in [-0.2, 0) is 4.79 Å². The molecule has 3 rings (SSSR count). The van der Waals surface area contributed by atoms with Gasteiger partial charge in [-0.25, -0.2) is 0 Å². The number of nitrogens with one attached hydrogen (secondary N) is 1. The van der Waals surface area contributed by atoms with Crippen LogP contribution in [0.4, 0.5) is 0 Å². The van der Waals surface area contributed by atoms with Crippen LogP contribution in [0.3, 0.4) is 0 Å². The number of hydrogen-bond donors (Lipinski definition) is 2. The molecule has 124 valence electrons. The number of aliphatic carboxylic acids is 1. The normalized spacial score (nSPS) is 10.2. The maximum atomic E-state index is 11.8. The van der Waals surface area contributed by atoms with Gasteiger partial charge in [0.15, 0.2) is 0 Å². The van der Waals surface area contributed by atoms with Gasteiger partial charge in [0, 0.05) is 35.3 Å². The fourth-order valence-electron chi connectivity index (χ4n) is 2.33. The lowest BCUT2D eigenvalue weighted by molar-refractivity contribution is -0.135. The van der Waals surface area contributed by atoms with Crippen LogP contribution >= 0.6 is 0 Å². The minimum absolute atomic E-state index is 0.164. The van der Waals surface area contributed by atoms with Crippen molar-refractivity contribution in [2.75, 3.05) is 6.54 Å². The van der Waals surface area contributed by atoms with Crippen molar-refractivity contribution in [2.45, 2.75) is 0 Å². The highest BCUT2D eigenvalue weighted by atomic mass is 16.4. The minimum Gasteiger partial charge on any atom is -0.480 e. The summed E-state index contributed by atoms with van der Waals surface area (Å²) in [6.07, 6.45) is 5.09. The highest BCUT2D eigenvalue weighted by molar-refractivity contribution is 5.94. The molecule has 0 aliphatic carbocycles. The van der Waals surface area contributed by atoms with Crippen molar-refractivity contribution >= 4 is 11.9 Å². The molecule has 0 spiro atoms. The van der Waals surface area contributed by atoms with Gasteiger partial charge < -0.3 is 10.4 Å². The van der Waals surface area contributed by atoms with Gasteiger partial charge in [-0.1, -0.05) is 36.4 Å². The van der Waals surface area contributed by atoms with E-state index in [0.29, 0.717) is 0 Å². The molecule has 6 nitrogen and oxygen atoms in total. The Morgan fingerprint density at radius 1 is 0.880 bits per heavy atom. The second-order valence-electron chi connectivity index (χ2n) is 5.34. The number of hydrogen-bond acceptors (Lipinski definition) is 4. The Labute approximate surface area is 144 Å². The lowest BCUT2D eigenvalue weighted by atomic mass is 10.0. The quantitative estimate of drug-likeness (QED) is 0.749. The minimum atomic E-state index is -1.10. The maximum Gasteiger partial charge on any atom is 0.322 e. The Hall–Kier alpha value is -3.54. The second-order valence-corrected chi connectivity index (χ2v) is 5.34. The molecule has 2 aromatic heterocycles. The lowest BCUT2D eigenvalue weighted by Crippen LogP contribution is -2.29. The predicted molar refractivity (Wildman–Crippen MR) is 92.9 cm³/mol. The molecule has 0 saturated carbocycles. The van der Waals surface area contributed by atoms with Crippen molar-refractivity contribution in [3.8, 4) is 22.3 Å². The third-order valence-electron chi connectivity index (χ3n) is 3.57. The summed E-state index contributed by atoms with van der Waals surface area (Å²) in [7, 11) is 0. The van der Waals surface area contributed by atoms with Crippen LogP contribution in [0.15, 0.2) is 67.1 Å². The summed E-state index contributed by atoms with van der Waals surface area (Å²) in [6.45, 7) is -0.439. The monoisotopic (exact) mass is 333 g/mol. The molecule has 3 aromatic rings. The molecule has 1 amide bonds. The van der Waals surface area contributed by atoms with E-state index in [-0.39, 0.29) is 5.69 Å². The summed E-state index contributed by atoms with van der Waals surface area (Å²) < 4.78 is 0. The summed E-state index contributed by atoms with van der Waals surface area (Å²) in [6, 6.07) is 15.2. The summed E-state index contributed by atoms with van der Waals surface area (Å²) in [5.41, 5.74) is 3.92. The Bertz CT molecular complexity index is 893. The highest BCUT2D eigenvalue weighted by Gasteiger charge is 2.09. The molecular weight excluding hydrogens is 318 g/mol. The Morgan fingerprint density at radius 3 is 2.24 bits per heavy atom. The molecule has 0 saturated heterocycles. The van der Waals surface area contributed by atoms with Crippen molar-refractivity contribution in [1.82, 2.24) is 15.3 Å². The number of carboxylic acids is 1. The van der Waals surface area contributed by atoms with Crippen LogP contribution in [0.5, 0.6) is 0 Å². The number of rotatable bonds is 5. The first-order valence-corrected chi connectivity index (χ1v) is 7.60. The topological polar surface area (TPSA) is 92.2 Å². The molecule has 0 aliphatic rings. The Balaban J connectivity index is 1.81. The average Bonchev–Trinajstić information content (AvgIpc) is 2.67. The zero-order valence-corrected chi connectivity index (χ0v) is 13.2. The number of nitrogens with zero attached hydrogens (tertiary/aromatic N) is 2. The molecule has 2 heterocycles. The first-order valence-electron chi connectivity index (χ1n) is 7.60. The molecule has 2 N–H and O–H groups in total. The third kappa shape index (κ3) is 4.06. The molecular formula is C19H15N3O3. The van der Waals surface area contributed by atoms with Gasteiger partial charge in [0.2, 0.25) is 0 Å². The van der Waals surface area contributed by atoms with Gasteiger partial charge in [0.1, 0.15) is 12.2 Å². The molecule has 0 fully saturated rings. The number of carboxylic acid groups (broad SMARTS) is 1. The van der Waals surface area contributed by atoms with E-state index in [4.69, 9.17) is 5.11 Å². The summed E-state index contributed by atoms with van der Waals surface area (Å²) >= 11 is 0. The summed E-state index contributed by atoms with van der Waals surface area (Å²) in [5, 5.41) is 10.9. The number of amides is 1. The van der Waals surface area contributed by atoms with E-state index in [1.807, 2.05) is 36.4 Å². The van der Waals surface area contributed by atoms with Crippen molar-refractivity contribution < 1.29 is 14.7 Å². The van der Waals surface area contributed by atoms with Gasteiger partial charge >= 0.3 is 5.97 Å². The smallest absolute Gasteiger partial charge is 0.322 e. The van der Waals surface area contributed by atoms with Crippen LogP contribution in [0, 0.1) is 0 Å². The van der Waals surface area contributed by atoms with Crippen LogP contribution in [0.2, 0.25) is 0 Å². The molecule has 0 unspecified atom stereocenters. The summed E-state index contributed by atoms with van der Waals surface area (Å²) in [5.74, 6) is -1.63. The first kappa shape index (κ1) is 16.3. The zero-order valence-electron chi connectivity index (χ0n) is 13.2. The fourth-order valence-corrected chi connectivity index (χ4v) is 2.33. The van der Waals surface area contributed by atoms with E-state index in [0.717, 1.165) is 22.3 Å². The third-order valence-corrected chi connectivity index (χ3v) is 3.57. The molecule has 25 heavy (non-hydrogen) atoms. The maximum absolute atomic E-state index is 11.8. The van der Waals surface area contributed by atoms with E-state index in [9.17, 15) is 9.59 Å². The van der Waals surface area contributed by atoms with Gasteiger partial charge in [-0.15, -0.1) is 0 Å². The van der Waals surface area contributed by atoms with Gasteiger partial charge in [-0.05, 0) is 17.7 Å². The van der Waals surface area contributed by atoms with E-state index in [2.05, 4.69) is 15.3 Å². The lowest BCUT2D eigenvalue weighted by Gasteiger charge is -2.06. The number of benzene rings is 1. The molecule has 0 bridgehead atoms. The number of pyridine rings is 2. The molecule has 0 radical (unpaired) electrons. The van der Waals surface area contributed by atoms with Crippen LogP contribution < -0.4 is 5.32 Å². The van der Waals surface area contributed by atoms with Crippen LogP contribution in [-0.4, -0.2) is 33.5 Å². The molecule has 0 aliphatic heterocycles. The summed E-state index contributed by atoms with van der Waals surface area (Å²) in [4.78, 5) is 30.6. The van der Waals surface area contributed by atoms with E-state index in [1.54, 1.807) is 30.7 Å². The predicted octanol–water partition coefficient (Wildman–Crippen LogP) is 2.63. The largest absolute Gasteiger partial charge is 0.480 e. The van der Waals surface area contributed by atoms with E-state index in [1.165, 1.54) is 0 Å². The number of aromatic nitrogens is 2. The van der Waals surface area contributed by atoms with Crippen LogP contribution in [0.25, 0.3) is 22.3 Å². The first-order chi connectivity index (χ1) is 12.1. The number of carbonyl (C=O) groups excluding carboxylic acids is 1. The molecule has 1 aromatic carbocycles. The van der Waals surface area contributed by atoms with Crippen molar-refractivity contribution in [3.05, 3.63) is 72.8 Å². The number of carbonyl (C=O) groups is 2. The average molecular weight is 333 g/mol. The second kappa shape index (κ2) is 7.35. The van der Waals surface area contributed by atoms with Crippen molar-refractivity contribution in [1.29, 1.82) is 0 Å². The Kier molecular flexibility index (Phi) is 4.80. The van der Waals surface area contributed by atoms with Gasteiger partial charge in [-0.3, -0.25) is 19.6 Å². The Morgan fingerprint density at radius 2 is 1.60 bits per heavy atom. The van der Waals surface area contributed by atoms with E-state index >= 15 is 0 Å². The highest BCUT2D eigenvalue weighted by Crippen LogP contribution is 2.24. The molecule has 0 atom stereocenters. The standard InChI is InChI=1S/C19H15N3O3/c23-18(24)12-22-19(25)17-7-6-14(11-21-17)16-8-15(9-20-10-16)13-4-2-1-3-5-13/h1-11H,12H2,(H,22,25)(H,23,24). The molecule has 6 heteroatoms. The zero-order chi connectivity index (χ0) is 17.6. The van der Waals surface area contributed by atoms with E-state index < -0.39 is 18.4 Å². The van der Waals surface area contributed by atoms with Crippen molar-refractivity contribution in [3.63, 3.8) is 0 Å².